The van der Waals surface area contributed by atoms with E-state index in [0.717, 1.165) is 4.90 Å². The molecule has 0 saturated carbocycles. The number of nitrogens with zero attached hydrogens (tertiary/aromatic N) is 1. The van der Waals surface area contributed by atoms with Crippen molar-refractivity contribution in [1.82, 2.24) is 0 Å². The van der Waals surface area contributed by atoms with Gasteiger partial charge in [-0.1, -0.05) is 30.3 Å². The van der Waals surface area contributed by atoms with Gasteiger partial charge in [-0.2, -0.15) is 0 Å². The molecule has 0 spiro atoms. The number of benzene rings is 3. The molecule has 0 N–H and O–H groups in total. The van der Waals surface area contributed by atoms with E-state index in [9.17, 15) is 14.4 Å². The van der Waals surface area contributed by atoms with Gasteiger partial charge >= 0.3 is 5.97 Å². The lowest BCUT2D eigenvalue weighted by atomic mass is 10.1. The first-order valence-electron chi connectivity index (χ1n) is 8.53. The fourth-order valence-electron chi connectivity index (χ4n) is 3.07. The molecule has 1 aliphatic rings. The zero-order valence-electron chi connectivity index (χ0n) is 14.9. The Labute approximate surface area is 160 Å². The van der Waals surface area contributed by atoms with Gasteiger partial charge < -0.3 is 9.47 Å². The van der Waals surface area contributed by atoms with Crippen molar-refractivity contribution < 1.29 is 23.9 Å². The number of hydrogen-bond donors (Lipinski definition) is 0. The Morgan fingerprint density at radius 2 is 1.46 bits per heavy atom. The highest BCUT2D eigenvalue weighted by atomic mass is 16.5. The quantitative estimate of drug-likeness (QED) is 0.509. The standard InChI is InChI=1S/C22H15NO5/c1-27-22(26)14-7-6-8-15(13-14)28-19-12-5-4-11-18(19)23-20(24)16-9-2-3-10-17(16)21(23)25/h2-13H,1H3. The van der Waals surface area contributed by atoms with Crippen LogP contribution in [-0.2, 0) is 4.74 Å². The van der Waals surface area contributed by atoms with Gasteiger partial charge in [-0.3, -0.25) is 9.59 Å². The Balaban J connectivity index is 1.71. The van der Waals surface area contributed by atoms with Crippen molar-refractivity contribution in [3.05, 3.63) is 89.5 Å². The molecule has 4 rings (SSSR count). The smallest absolute Gasteiger partial charge is 0.337 e. The number of imide groups is 1. The summed E-state index contributed by atoms with van der Waals surface area (Å²) in [4.78, 5) is 38.4. The first-order valence-corrected chi connectivity index (χ1v) is 8.53. The molecule has 138 valence electrons. The van der Waals surface area contributed by atoms with E-state index in [1.54, 1.807) is 66.7 Å². The molecule has 0 fully saturated rings. The predicted octanol–water partition coefficient (Wildman–Crippen LogP) is 4.07. The molecule has 0 bridgehead atoms. The van der Waals surface area contributed by atoms with E-state index in [-0.39, 0.29) is 0 Å². The topological polar surface area (TPSA) is 72.9 Å². The van der Waals surface area contributed by atoms with Crippen LogP contribution < -0.4 is 9.64 Å². The second-order valence-electron chi connectivity index (χ2n) is 6.08. The molecule has 0 aliphatic carbocycles. The molecule has 28 heavy (non-hydrogen) atoms. The average molecular weight is 373 g/mol. The third-order valence-electron chi connectivity index (χ3n) is 4.38. The number of hydrogen-bond acceptors (Lipinski definition) is 5. The summed E-state index contributed by atoms with van der Waals surface area (Å²) < 4.78 is 10.6. The van der Waals surface area contributed by atoms with Crippen molar-refractivity contribution in [2.75, 3.05) is 12.0 Å². The summed E-state index contributed by atoms with van der Waals surface area (Å²) in [5.41, 5.74) is 1.38. The van der Waals surface area contributed by atoms with E-state index in [1.807, 2.05) is 0 Å². The first kappa shape index (κ1) is 17.5. The fraction of sp³-hybridized carbons (Fsp3) is 0.0455. The molecule has 0 radical (unpaired) electrons. The Kier molecular flexibility index (Phi) is 4.37. The molecule has 3 aromatic rings. The lowest BCUT2D eigenvalue weighted by Crippen LogP contribution is -2.29. The lowest BCUT2D eigenvalue weighted by molar-refractivity contribution is 0.0600. The predicted molar refractivity (Wildman–Crippen MR) is 102 cm³/mol. The summed E-state index contributed by atoms with van der Waals surface area (Å²) in [6, 6.07) is 19.9. The number of rotatable bonds is 4. The average Bonchev–Trinajstić information content (AvgIpc) is 2.99. The van der Waals surface area contributed by atoms with Crippen LogP contribution in [0.4, 0.5) is 5.69 Å². The second-order valence-corrected chi connectivity index (χ2v) is 6.08. The van der Waals surface area contributed by atoms with Crippen LogP contribution in [0.1, 0.15) is 31.1 Å². The highest BCUT2D eigenvalue weighted by Crippen LogP contribution is 2.37. The Morgan fingerprint density at radius 1 is 0.821 bits per heavy atom. The van der Waals surface area contributed by atoms with Crippen LogP contribution in [0.3, 0.4) is 0 Å². The van der Waals surface area contributed by atoms with Gasteiger partial charge in [0.2, 0.25) is 0 Å². The number of fused-ring (bicyclic) bond motifs is 1. The van der Waals surface area contributed by atoms with E-state index >= 15 is 0 Å². The van der Waals surface area contributed by atoms with Gasteiger partial charge in [0.25, 0.3) is 11.8 Å². The van der Waals surface area contributed by atoms with Crippen LogP contribution in [0.2, 0.25) is 0 Å². The van der Waals surface area contributed by atoms with Crippen molar-refractivity contribution in [2.24, 2.45) is 0 Å². The van der Waals surface area contributed by atoms with E-state index in [2.05, 4.69) is 0 Å². The molecule has 6 heteroatoms. The van der Waals surface area contributed by atoms with Crippen LogP contribution in [0.5, 0.6) is 11.5 Å². The molecule has 6 nitrogen and oxygen atoms in total. The molecular formula is C22H15NO5. The largest absolute Gasteiger partial charge is 0.465 e. The van der Waals surface area contributed by atoms with Crippen molar-refractivity contribution in [2.45, 2.75) is 0 Å². The monoisotopic (exact) mass is 373 g/mol. The third-order valence-corrected chi connectivity index (χ3v) is 4.38. The van der Waals surface area contributed by atoms with Gasteiger partial charge in [-0.15, -0.1) is 0 Å². The molecule has 2 amide bonds. The maximum Gasteiger partial charge on any atom is 0.337 e. The summed E-state index contributed by atoms with van der Waals surface area (Å²) >= 11 is 0. The summed E-state index contributed by atoms with van der Waals surface area (Å²) in [6.45, 7) is 0. The summed E-state index contributed by atoms with van der Waals surface area (Å²) in [5, 5.41) is 0. The minimum absolute atomic E-state index is 0.319. The molecular weight excluding hydrogens is 358 g/mol. The number of esters is 1. The lowest BCUT2D eigenvalue weighted by Gasteiger charge is -2.18. The molecule has 0 atom stereocenters. The maximum atomic E-state index is 12.8. The number of amides is 2. The van der Waals surface area contributed by atoms with Crippen molar-refractivity contribution >= 4 is 23.5 Å². The zero-order valence-corrected chi connectivity index (χ0v) is 14.9. The van der Waals surface area contributed by atoms with E-state index < -0.39 is 17.8 Å². The minimum atomic E-state index is -0.487. The Hall–Kier alpha value is -3.93. The van der Waals surface area contributed by atoms with Crippen LogP contribution >= 0.6 is 0 Å². The highest BCUT2D eigenvalue weighted by molar-refractivity contribution is 6.34. The first-order chi connectivity index (χ1) is 13.6. The van der Waals surface area contributed by atoms with E-state index in [0.29, 0.717) is 33.9 Å². The normalized spacial score (nSPS) is 12.7. The van der Waals surface area contributed by atoms with E-state index in [4.69, 9.17) is 9.47 Å². The van der Waals surface area contributed by atoms with Gasteiger partial charge in [0.15, 0.2) is 5.75 Å². The van der Waals surface area contributed by atoms with Crippen LogP contribution in [-0.4, -0.2) is 24.9 Å². The number of para-hydroxylation sites is 2. The van der Waals surface area contributed by atoms with E-state index in [1.165, 1.54) is 13.2 Å². The number of methoxy groups -OCH3 is 1. The summed E-state index contributed by atoms with van der Waals surface area (Å²) in [5.74, 6) is -0.593. The summed E-state index contributed by atoms with van der Waals surface area (Å²) in [6.07, 6.45) is 0. The maximum absolute atomic E-state index is 12.8. The Bertz CT molecular complexity index is 1070. The molecule has 1 heterocycles. The molecule has 1 aliphatic heterocycles. The van der Waals surface area contributed by atoms with Gasteiger partial charge in [0.05, 0.1) is 29.5 Å². The van der Waals surface area contributed by atoms with Crippen molar-refractivity contribution in [3.63, 3.8) is 0 Å². The third kappa shape index (κ3) is 2.91. The van der Waals surface area contributed by atoms with Crippen LogP contribution in [0, 0.1) is 0 Å². The Morgan fingerprint density at radius 3 is 2.14 bits per heavy atom. The van der Waals surface area contributed by atoms with Crippen LogP contribution in [0.15, 0.2) is 72.8 Å². The molecule has 3 aromatic carbocycles. The molecule has 0 saturated heterocycles. The number of carbonyl (C=O) groups excluding carboxylic acids is 3. The van der Waals surface area contributed by atoms with Gasteiger partial charge in [0, 0.05) is 0 Å². The number of anilines is 1. The van der Waals surface area contributed by atoms with Gasteiger partial charge in [-0.25, -0.2) is 9.69 Å². The second kappa shape index (κ2) is 7.00. The van der Waals surface area contributed by atoms with Crippen molar-refractivity contribution in [3.8, 4) is 11.5 Å². The zero-order chi connectivity index (χ0) is 19.7. The number of carbonyl (C=O) groups is 3. The number of ether oxygens (including phenoxy) is 2. The van der Waals surface area contributed by atoms with Gasteiger partial charge in [-0.05, 0) is 42.5 Å². The highest BCUT2D eigenvalue weighted by Gasteiger charge is 2.37. The molecule has 0 aromatic heterocycles. The van der Waals surface area contributed by atoms with Crippen LogP contribution in [0.25, 0.3) is 0 Å². The molecule has 0 unspecified atom stereocenters. The van der Waals surface area contributed by atoms with Gasteiger partial charge in [0.1, 0.15) is 5.75 Å². The minimum Gasteiger partial charge on any atom is -0.465 e. The van der Waals surface area contributed by atoms with Crippen molar-refractivity contribution in [1.29, 1.82) is 0 Å². The summed E-state index contributed by atoms with van der Waals surface area (Å²) in [7, 11) is 1.30. The fourth-order valence-corrected chi connectivity index (χ4v) is 3.07. The SMILES string of the molecule is COC(=O)c1cccc(Oc2ccccc2N2C(=O)c3ccccc3C2=O)c1.